The summed E-state index contributed by atoms with van der Waals surface area (Å²) in [7, 11) is 1.33. The minimum Gasteiger partial charge on any atom is -0.464 e. The number of amides is 1. The number of aromatic amines is 1. The molecule has 1 saturated carbocycles. The third-order valence-electron chi connectivity index (χ3n) is 6.16. The molecule has 1 aliphatic carbocycles. The number of benzene rings is 1. The number of ether oxygens (including phenoxy) is 1. The predicted molar refractivity (Wildman–Crippen MR) is 111 cm³/mol. The van der Waals surface area contributed by atoms with Crippen LogP contribution in [0.5, 0.6) is 0 Å². The van der Waals surface area contributed by atoms with Gasteiger partial charge in [0.2, 0.25) is 5.91 Å². The van der Waals surface area contributed by atoms with Crippen LogP contribution in [0.4, 0.5) is 10.2 Å². The number of hydrogen-bond donors (Lipinski definition) is 1. The summed E-state index contributed by atoms with van der Waals surface area (Å²) in [6, 6.07) is 7.79. The van der Waals surface area contributed by atoms with E-state index in [4.69, 9.17) is 4.74 Å². The normalized spacial score (nSPS) is 17.2. The second-order valence-electron chi connectivity index (χ2n) is 8.13. The van der Waals surface area contributed by atoms with Crippen molar-refractivity contribution < 1.29 is 18.7 Å². The van der Waals surface area contributed by atoms with Crippen molar-refractivity contribution >= 4 is 28.7 Å². The number of methoxy groups -OCH3 is 1. The van der Waals surface area contributed by atoms with Gasteiger partial charge in [-0.3, -0.25) is 4.79 Å². The van der Waals surface area contributed by atoms with E-state index in [1.165, 1.54) is 25.6 Å². The van der Waals surface area contributed by atoms with Gasteiger partial charge in [0.1, 0.15) is 29.3 Å². The summed E-state index contributed by atoms with van der Waals surface area (Å²) in [4.78, 5) is 40.7. The van der Waals surface area contributed by atoms with E-state index >= 15 is 0 Å². The van der Waals surface area contributed by atoms with Crippen molar-refractivity contribution in [3.05, 3.63) is 53.7 Å². The number of H-pyrrole nitrogens is 1. The number of esters is 1. The topological polar surface area (TPSA) is 91.4 Å². The molecule has 1 aliphatic heterocycles. The Kier molecular flexibility index (Phi) is 4.60. The maximum atomic E-state index is 13.2. The fourth-order valence-electron chi connectivity index (χ4n) is 4.39. The molecule has 1 amide bonds. The van der Waals surface area contributed by atoms with Gasteiger partial charge in [0, 0.05) is 19.6 Å². The van der Waals surface area contributed by atoms with Crippen LogP contribution in [0.15, 0.2) is 36.7 Å². The first-order valence-corrected chi connectivity index (χ1v) is 10.2. The predicted octanol–water partition coefficient (Wildman–Crippen LogP) is 2.31. The van der Waals surface area contributed by atoms with Crippen molar-refractivity contribution in [2.45, 2.75) is 24.8 Å². The Hall–Kier alpha value is -3.49. The van der Waals surface area contributed by atoms with Gasteiger partial charge in [0.15, 0.2) is 0 Å². The Morgan fingerprint density at radius 1 is 1.19 bits per heavy atom. The van der Waals surface area contributed by atoms with Gasteiger partial charge in [-0.25, -0.2) is 19.2 Å². The first-order chi connectivity index (χ1) is 15.0. The number of fused-ring (bicyclic) bond motifs is 1. The number of piperazine rings is 1. The molecule has 9 heteroatoms. The van der Waals surface area contributed by atoms with Gasteiger partial charge in [-0.2, -0.15) is 0 Å². The van der Waals surface area contributed by atoms with Gasteiger partial charge < -0.3 is 19.5 Å². The minimum absolute atomic E-state index is 0.0613. The molecule has 0 unspecified atom stereocenters. The summed E-state index contributed by atoms with van der Waals surface area (Å²) in [5, 5.41) is 0.754. The number of nitrogens with zero attached hydrogens (tertiary/aromatic N) is 4. The zero-order chi connectivity index (χ0) is 21.6. The molecule has 3 heterocycles. The average molecular weight is 423 g/mol. The monoisotopic (exact) mass is 423 g/mol. The number of carbonyl (C=O) groups excluding carboxylic acids is 2. The Morgan fingerprint density at radius 2 is 1.97 bits per heavy atom. The Morgan fingerprint density at radius 3 is 2.68 bits per heavy atom. The SMILES string of the molecule is COC(=O)c1cc2c(N3CCN(C(=O)Cc4ccc(F)cc4)C4(CC4)C3)ncnc2[nH]1. The van der Waals surface area contributed by atoms with Crippen LogP contribution >= 0.6 is 0 Å². The van der Waals surface area contributed by atoms with E-state index in [0.717, 1.165) is 29.6 Å². The van der Waals surface area contributed by atoms with Crippen molar-refractivity contribution in [2.75, 3.05) is 31.6 Å². The van der Waals surface area contributed by atoms with E-state index in [1.807, 2.05) is 4.90 Å². The third kappa shape index (κ3) is 3.49. The number of rotatable bonds is 4. The van der Waals surface area contributed by atoms with Crippen LogP contribution in [0, 0.1) is 5.82 Å². The molecule has 1 spiro atoms. The van der Waals surface area contributed by atoms with Crippen LogP contribution in [0.3, 0.4) is 0 Å². The zero-order valence-corrected chi connectivity index (χ0v) is 17.1. The number of halogens is 1. The molecule has 2 aromatic heterocycles. The molecular weight excluding hydrogens is 401 g/mol. The highest BCUT2D eigenvalue weighted by molar-refractivity contribution is 5.97. The van der Waals surface area contributed by atoms with Gasteiger partial charge in [0.05, 0.1) is 24.5 Å². The number of aromatic nitrogens is 3. The number of anilines is 1. The summed E-state index contributed by atoms with van der Waals surface area (Å²) < 4.78 is 17.9. The van der Waals surface area contributed by atoms with Crippen LogP contribution in [-0.2, 0) is 16.0 Å². The number of hydrogen-bond acceptors (Lipinski definition) is 6. The summed E-state index contributed by atoms with van der Waals surface area (Å²) in [6.07, 6.45) is 3.61. The lowest BCUT2D eigenvalue weighted by Crippen LogP contribution is -2.57. The summed E-state index contributed by atoms with van der Waals surface area (Å²) in [6.45, 7) is 1.88. The number of carbonyl (C=O) groups is 2. The van der Waals surface area contributed by atoms with Crippen LogP contribution < -0.4 is 4.90 Å². The highest BCUT2D eigenvalue weighted by Crippen LogP contribution is 2.45. The summed E-state index contributed by atoms with van der Waals surface area (Å²) in [5.41, 5.74) is 1.51. The van der Waals surface area contributed by atoms with Gasteiger partial charge in [-0.1, -0.05) is 12.1 Å². The highest BCUT2D eigenvalue weighted by Gasteiger charge is 2.53. The first kappa shape index (κ1) is 19.5. The molecule has 0 radical (unpaired) electrons. The fourth-order valence-corrected chi connectivity index (χ4v) is 4.39. The van der Waals surface area contributed by atoms with Crippen LogP contribution in [-0.4, -0.2) is 64.0 Å². The molecule has 1 aromatic carbocycles. The molecule has 3 aromatic rings. The standard InChI is InChI=1S/C22H22FN5O3/c1-31-21(30)17-11-16-19(26-17)24-13-25-20(16)27-8-9-28(22(12-27)6-7-22)18(29)10-14-2-4-15(23)5-3-14/h2-5,11,13H,6-10,12H2,1H3,(H,24,25,26). The minimum atomic E-state index is -0.459. The molecule has 2 aliphatic rings. The molecule has 1 saturated heterocycles. The van der Waals surface area contributed by atoms with Gasteiger partial charge >= 0.3 is 5.97 Å². The van der Waals surface area contributed by atoms with Gasteiger partial charge in [-0.15, -0.1) is 0 Å². The Labute approximate surface area is 178 Å². The smallest absolute Gasteiger partial charge is 0.354 e. The van der Waals surface area contributed by atoms with E-state index in [0.29, 0.717) is 31.0 Å². The molecule has 2 fully saturated rings. The lowest BCUT2D eigenvalue weighted by molar-refractivity contribution is -0.134. The van der Waals surface area contributed by atoms with E-state index < -0.39 is 5.97 Å². The first-order valence-electron chi connectivity index (χ1n) is 10.2. The van der Waals surface area contributed by atoms with Crippen molar-refractivity contribution in [2.24, 2.45) is 0 Å². The maximum Gasteiger partial charge on any atom is 0.354 e. The second-order valence-corrected chi connectivity index (χ2v) is 8.13. The average Bonchev–Trinajstić information content (AvgIpc) is 3.38. The van der Waals surface area contributed by atoms with Crippen molar-refractivity contribution in [1.29, 1.82) is 0 Å². The number of nitrogens with one attached hydrogen (secondary N) is 1. The maximum absolute atomic E-state index is 13.2. The van der Waals surface area contributed by atoms with Crippen LogP contribution in [0.25, 0.3) is 11.0 Å². The Balaban J connectivity index is 1.36. The van der Waals surface area contributed by atoms with Crippen LogP contribution in [0.1, 0.15) is 28.9 Å². The quantitative estimate of drug-likeness (QED) is 0.648. The van der Waals surface area contributed by atoms with E-state index in [1.54, 1.807) is 18.2 Å². The summed E-state index contributed by atoms with van der Waals surface area (Å²) in [5.74, 6) is 0.0399. The lowest BCUT2D eigenvalue weighted by atomic mass is 10.1. The highest BCUT2D eigenvalue weighted by atomic mass is 19.1. The van der Waals surface area contributed by atoms with Gasteiger partial charge in [-0.05, 0) is 36.6 Å². The molecule has 31 heavy (non-hydrogen) atoms. The third-order valence-corrected chi connectivity index (χ3v) is 6.16. The molecule has 0 atom stereocenters. The lowest BCUT2D eigenvalue weighted by Gasteiger charge is -2.43. The summed E-state index contributed by atoms with van der Waals surface area (Å²) >= 11 is 0. The molecule has 1 N–H and O–H groups in total. The van der Waals surface area contributed by atoms with Crippen molar-refractivity contribution in [1.82, 2.24) is 19.9 Å². The molecule has 160 valence electrons. The zero-order valence-electron chi connectivity index (χ0n) is 17.1. The Bertz CT molecular complexity index is 1160. The van der Waals surface area contributed by atoms with E-state index in [2.05, 4.69) is 19.9 Å². The largest absolute Gasteiger partial charge is 0.464 e. The molecule has 5 rings (SSSR count). The second kappa shape index (κ2) is 7.33. The fraction of sp³-hybridized carbons (Fsp3) is 0.364. The van der Waals surface area contributed by atoms with Gasteiger partial charge in [0.25, 0.3) is 0 Å². The van der Waals surface area contributed by atoms with E-state index in [9.17, 15) is 14.0 Å². The molecule has 0 bridgehead atoms. The molecule has 8 nitrogen and oxygen atoms in total. The van der Waals surface area contributed by atoms with Crippen molar-refractivity contribution in [3.63, 3.8) is 0 Å². The molecular formula is C22H22FN5O3. The van der Waals surface area contributed by atoms with Crippen molar-refractivity contribution in [3.8, 4) is 0 Å². The van der Waals surface area contributed by atoms with E-state index in [-0.39, 0.29) is 23.7 Å². The van der Waals surface area contributed by atoms with Crippen LogP contribution in [0.2, 0.25) is 0 Å².